The fraction of sp³-hybridized carbons (Fsp3) is 0.333. The second-order valence-corrected chi connectivity index (χ2v) is 4.13. The van der Waals surface area contributed by atoms with E-state index >= 15 is 0 Å². The van der Waals surface area contributed by atoms with E-state index in [2.05, 4.69) is 10.2 Å². The molecule has 0 saturated carbocycles. The molecule has 0 bridgehead atoms. The molecule has 0 atom stereocenters. The lowest BCUT2D eigenvalue weighted by atomic mass is 10.1. The monoisotopic (exact) mass is 251 g/mol. The minimum atomic E-state index is 0.520. The topological polar surface area (TPSA) is 64.9 Å². The molecule has 2 N–H and O–H groups in total. The first-order chi connectivity index (χ1) is 8.29. The number of rotatable bonds is 5. The summed E-state index contributed by atoms with van der Waals surface area (Å²) in [6.45, 7) is 0.520. The molecule has 0 aliphatic carbocycles. The Morgan fingerprint density at radius 1 is 1.06 bits per heavy atom. The van der Waals surface area contributed by atoms with Crippen LogP contribution < -0.4 is 5.73 Å². The maximum absolute atomic E-state index is 6.06. The van der Waals surface area contributed by atoms with Crippen LogP contribution in [-0.2, 0) is 19.3 Å². The summed E-state index contributed by atoms with van der Waals surface area (Å²) in [4.78, 5) is 0. The molecule has 0 amide bonds. The maximum atomic E-state index is 6.06. The van der Waals surface area contributed by atoms with Gasteiger partial charge in [0, 0.05) is 24.4 Å². The van der Waals surface area contributed by atoms with Crippen LogP contribution in [0, 0.1) is 0 Å². The third kappa shape index (κ3) is 3.28. The predicted molar refractivity (Wildman–Crippen MR) is 65.9 cm³/mol. The lowest BCUT2D eigenvalue weighted by molar-refractivity contribution is 0.450. The highest BCUT2D eigenvalue weighted by molar-refractivity contribution is 6.31. The van der Waals surface area contributed by atoms with Crippen molar-refractivity contribution in [2.45, 2.75) is 19.3 Å². The Bertz CT molecular complexity index is 484. The van der Waals surface area contributed by atoms with Gasteiger partial charge >= 0.3 is 0 Å². The number of benzene rings is 1. The van der Waals surface area contributed by atoms with Crippen LogP contribution in [0.15, 0.2) is 28.7 Å². The van der Waals surface area contributed by atoms with E-state index in [0.717, 1.165) is 17.0 Å². The average molecular weight is 252 g/mol. The molecule has 0 aliphatic rings. The summed E-state index contributed by atoms with van der Waals surface area (Å²) >= 11 is 6.06. The van der Waals surface area contributed by atoms with E-state index in [1.54, 1.807) is 0 Å². The van der Waals surface area contributed by atoms with Crippen molar-refractivity contribution < 1.29 is 4.42 Å². The highest BCUT2D eigenvalue weighted by atomic mass is 35.5. The summed E-state index contributed by atoms with van der Waals surface area (Å²) in [6.07, 6.45) is 2.12. The molecule has 0 fully saturated rings. The van der Waals surface area contributed by atoms with Gasteiger partial charge in [-0.2, -0.15) is 0 Å². The fourth-order valence-corrected chi connectivity index (χ4v) is 1.79. The van der Waals surface area contributed by atoms with Crippen molar-refractivity contribution in [1.29, 1.82) is 0 Å². The second-order valence-electron chi connectivity index (χ2n) is 3.72. The third-order valence-corrected chi connectivity index (χ3v) is 2.80. The molecule has 1 aromatic heterocycles. The molecule has 90 valence electrons. The van der Waals surface area contributed by atoms with Gasteiger partial charge in [-0.05, 0) is 18.1 Å². The van der Waals surface area contributed by atoms with Gasteiger partial charge < -0.3 is 10.2 Å². The van der Waals surface area contributed by atoms with Crippen LogP contribution in [0.1, 0.15) is 17.3 Å². The summed E-state index contributed by atoms with van der Waals surface area (Å²) < 4.78 is 5.44. The van der Waals surface area contributed by atoms with Crippen LogP contribution in [0.3, 0.4) is 0 Å². The average Bonchev–Trinajstić information content (AvgIpc) is 2.76. The van der Waals surface area contributed by atoms with E-state index in [9.17, 15) is 0 Å². The SMILES string of the molecule is NCCc1nnc(CCc2ccccc2Cl)o1. The summed E-state index contributed by atoms with van der Waals surface area (Å²) in [5.74, 6) is 1.23. The van der Waals surface area contributed by atoms with Crippen LogP contribution in [0.4, 0.5) is 0 Å². The molecule has 0 saturated heterocycles. The Morgan fingerprint density at radius 3 is 2.47 bits per heavy atom. The largest absolute Gasteiger partial charge is 0.425 e. The van der Waals surface area contributed by atoms with Crippen LogP contribution >= 0.6 is 11.6 Å². The fourth-order valence-electron chi connectivity index (χ4n) is 1.56. The smallest absolute Gasteiger partial charge is 0.217 e. The zero-order valence-electron chi connectivity index (χ0n) is 9.40. The number of aromatic nitrogens is 2. The van der Waals surface area contributed by atoms with E-state index < -0.39 is 0 Å². The molecule has 0 spiro atoms. The zero-order chi connectivity index (χ0) is 12.1. The molecular weight excluding hydrogens is 238 g/mol. The van der Waals surface area contributed by atoms with E-state index in [1.807, 2.05) is 24.3 Å². The van der Waals surface area contributed by atoms with Gasteiger partial charge in [-0.3, -0.25) is 0 Å². The first-order valence-corrected chi connectivity index (χ1v) is 5.92. The van der Waals surface area contributed by atoms with Gasteiger partial charge in [-0.25, -0.2) is 0 Å². The number of nitrogens with two attached hydrogens (primary N) is 1. The lowest BCUT2D eigenvalue weighted by Gasteiger charge is -2.00. The Hall–Kier alpha value is -1.39. The van der Waals surface area contributed by atoms with Crippen molar-refractivity contribution in [3.05, 3.63) is 46.6 Å². The highest BCUT2D eigenvalue weighted by Gasteiger charge is 2.06. The number of nitrogens with zero attached hydrogens (tertiary/aromatic N) is 2. The van der Waals surface area contributed by atoms with Gasteiger partial charge in [0.15, 0.2) is 0 Å². The Balaban J connectivity index is 1.95. The van der Waals surface area contributed by atoms with Gasteiger partial charge in [-0.1, -0.05) is 29.8 Å². The molecule has 0 aliphatic heterocycles. The van der Waals surface area contributed by atoms with Crippen molar-refractivity contribution in [1.82, 2.24) is 10.2 Å². The summed E-state index contributed by atoms with van der Waals surface area (Å²) in [5.41, 5.74) is 6.50. The Morgan fingerprint density at radius 2 is 1.76 bits per heavy atom. The predicted octanol–water partition coefficient (Wildman–Crippen LogP) is 2.01. The molecule has 5 heteroatoms. The number of hydrogen-bond acceptors (Lipinski definition) is 4. The third-order valence-electron chi connectivity index (χ3n) is 2.43. The van der Waals surface area contributed by atoms with Crippen LogP contribution in [0.5, 0.6) is 0 Å². The van der Waals surface area contributed by atoms with Crippen LogP contribution in [-0.4, -0.2) is 16.7 Å². The Kier molecular flexibility index (Phi) is 4.12. The van der Waals surface area contributed by atoms with E-state index in [-0.39, 0.29) is 0 Å². The zero-order valence-corrected chi connectivity index (χ0v) is 10.2. The van der Waals surface area contributed by atoms with Crippen molar-refractivity contribution >= 4 is 11.6 Å². The highest BCUT2D eigenvalue weighted by Crippen LogP contribution is 2.16. The molecule has 2 rings (SSSR count). The maximum Gasteiger partial charge on any atom is 0.217 e. The second kappa shape index (κ2) is 5.80. The van der Waals surface area contributed by atoms with Gasteiger partial charge in [0.1, 0.15) is 0 Å². The minimum Gasteiger partial charge on any atom is -0.425 e. The molecule has 0 radical (unpaired) electrons. The normalized spacial score (nSPS) is 10.7. The van der Waals surface area contributed by atoms with E-state index in [1.165, 1.54) is 0 Å². The minimum absolute atomic E-state index is 0.520. The van der Waals surface area contributed by atoms with Crippen LogP contribution in [0.2, 0.25) is 5.02 Å². The number of halogens is 1. The molecular formula is C12H14ClN3O. The Labute approximate surface area is 105 Å². The standard InChI is InChI=1S/C12H14ClN3O/c13-10-4-2-1-3-9(10)5-6-11-15-16-12(17-11)7-8-14/h1-4H,5-8,14H2. The first-order valence-electron chi connectivity index (χ1n) is 5.54. The van der Waals surface area contributed by atoms with E-state index in [4.69, 9.17) is 21.8 Å². The van der Waals surface area contributed by atoms with Crippen molar-refractivity contribution in [3.63, 3.8) is 0 Å². The summed E-state index contributed by atoms with van der Waals surface area (Å²) in [7, 11) is 0. The van der Waals surface area contributed by atoms with Crippen LogP contribution in [0.25, 0.3) is 0 Å². The van der Waals surface area contributed by atoms with Gasteiger partial charge in [-0.15, -0.1) is 10.2 Å². The molecule has 1 aromatic carbocycles. The summed E-state index contributed by atoms with van der Waals surface area (Å²) in [5, 5.41) is 8.65. The molecule has 4 nitrogen and oxygen atoms in total. The van der Waals surface area contributed by atoms with Crippen molar-refractivity contribution in [2.24, 2.45) is 5.73 Å². The molecule has 17 heavy (non-hydrogen) atoms. The van der Waals surface area contributed by atoms with Gasteiger partial charge in [0.05, 0.1) is 0 Å². The van der Waals surface area contributed by atoms with E-state index in [0.29, 0.717) is 31.2 Å². The van der Waals surface area contributed by atoms with Gasteiger partial charge in [0.2, 0.25) is 11.8 Å². The van der Waals surface area contributed by atoms with Gasteiger partial charge in [0.25, 0.3) is 0 Å². The molecule has 0 unspecified atom stereocenters. The number of aryl methyl sites for hydroxylation is 2. The lowest BCUT2D eigenvalue weighted by Crippen LogP contribution is -2.02. The van der Waals surface area contributed by atoms with Crippen molar-refractivity contribution in [2.75, 3.05) is 6.54 Å². The molecule has 2 aromatic rings. The summed E-state index contributed by atoms with van der Waals surface area (Å²) in [6, 6.07) is 7.76. The first kappa shape index (κ1) is 12.1. The van der Waals surface area contributed by atoms with Crippen molar-refractivity contribution in [3.8, 4) is 0 Å². The quantitative estimate of drug-likeness (QED) is 0.883. The molecule has 1 heterocycles. The number of hydrogen-bond donors (Lipinski definition) is 1.